The van der Waals surface area contributed by atoms with Crippen molar-refractivity contribution in [1.29, 1.82) is 0 Å². The number of hydrogen-bond acceptors (Lipinski definition) is 6. The van der Waals surface area contributed by atoms with Gasteiger partial charge in [0.2, 0.25) is 0 Å². The van der Waals surface area contributed by atoms with Gasteiger partial charge < -0.3 is 25.2 Å². The molecule has 2 aliphatic heterocycles. The molecule has 0 aromatic heterocycles. The SMILES string of the molecule is O=C(O)/C=C\C(=O)O.O=C1NCC(CN2CCN(c3ccccc3)CC2)O1. The summed E-state index contributed by atoms with van der Waals surface area (Å²) in [6.45, 7) is 5.56. The Bertz CT molecular complexity index is 655. The van der Waals surface area contributed by atoms with Crippen molar-refractivity contribution in [2.24, 2.45) is 0 Å². The smallest absolute Gasteiger partial charge is 0.407 e. The quantitative estimate of drug-likeness (QED) is 0.639. The molecule has 2 fully saturated rings. The summed E-state index contributed by atoms with van der Waals surface area (Å²) in [6.07, 6.45) is 0.841. The molecule has 3 rings (SSSR count). The lowest BCUT2D eigenvalue weighted by Crippen LogP contribution is -2.49. The first-order valence-corrected chi connectivity index (χ1v) is 8.55. The van der Waals surface area contributed by atoms with E-state index in [-0.39, 0.29) is 12.2 Å². The summed E-state index contributed by atoms with van der Waals surface area (Å²) in [7, 11) is 0. The highest BCUT2D eigenvalue weighted by molar-refractivity contribution is 5.89. The van der Waals surface area contributed by atoms with Crippen molar-refractivity contribution in [2.75, 3.05) is 44.2 Å². The number of carbonyl (C=O) groups is 3. The number of carboxylic acid groups (broad SMARTS) is 2. The second kappa shape index (κ2) is 10.2. The fourth-order valence-electron chi connectivity index (χ4n) is 2.79. The largest absolute Gasteiger partial charge is 0.478 e. The van der Waals surface area contributed by atoms with Gasteiger partial charge in [0.15, 0.2) is 0 Å². The minimum atomic E-state index is -1.26. The number of cyclic esters (lactones) is 1. The van der Waals surface area contributed by atoms with Gasteiger partial charge in [-0.05, 0) is 12.1 Å². The number of aliphatic carboxylic acids is 2. The van der Waals surface area contributed by atoms with Gasteiger partial charge in [-0.25, -0.2) is 14.4 Å². The molecule has 3 N–H and O–H groups in total. The van der Waals surface area contributed by atoms with Gasteiger partial charge in [0.05, 0.1) is 6.54 Å². The molecular formula is C18H23N3O6. The number of ether oxygens (including phenoxy) is 1. The van der Waals surface area contributed by atoms with Crippen LogP contribution in [0, 0.1) is 0 Å². The van der Waals surface area contributed by atoms with Gasteiger partial charge in [0.1, 0.15) is 6.10 Å². The topological polar surface area (TPSA) is 119 Å². The van der Waals surface area contributed by atoms with Crippen molar-refractivity contribution in [3.05, 3.63) is 42.5 Å². The number of alkyl carbamates (subject to hydrolysis) is 1. The minimum Gasteiger partial charge on any atom is -0.478 e. The number of rotatable bonds is 5. The Morgan fingerprint density at radius 1 is 1.07 bits per heavy atom. The van der Waals surface area contributed by atoms with Gasteiger partial charge in [-0.1, -0.05) is 18.2 Å². The molecule has 1 unspecified atom stereocenters. The van der Waals surface area contributed by atoms with Crippen LogP contribution in [0.1, 0.15) is 0 Å². The zero-order valence-corrected chi connectivity index (χ0v) is 14.8. The van der Waals surface area contributed by atoms with Crippen molar-refractivity contribution in [1.82, 2.24) is 10.2 Å². The van der Waals surface area contributed by atoms with E-state index in [1.165, 1.54) is 5.69 Å². The molecule has 1 aromatic rings. The number of nitrogens with one attached hydrogen (secondary N) is 1. The number of amides is 1. The van der Waals surface area contributed by atoms with Crippen molar-refractivity contribution in [2.45, 2.75) is 6.10 Å². The summed E-state index contributed by atoms with van der Waals surface area (Å²) in [5.74, 6) is -2.51. The zero-order chi connectivity index (χ0) is 19.6. The molecule has 2 aliphatic rings. The molecule has 2 saturated heterocycles. The maximum atomic E-state index is 11.0. The molecule has 0 saturated carbocycles. The van der Waals surface area contributed by atoms with Crippen LogP contribution in [0.2, 0.25) is 0 Å². The van der Waals surface area contributed by atoms with Crippen molar-refractivity contribution >= 4 is 23.7 Å². The lowest BCUT2D eigenvalue weighted by molar-refractivity contribution is -0.134. The Morgan fingerprint density at radius 2 is 1.67 bits per heavy atom. The number of piperazine rings is 1. The van der Waals surface area contributed by atoms with E-state index in [0.29, 0.717) is 18.7 Å². The van der Waals surface area contributed by atoms with Crippen LogP contribution in [-0.4, -0.2) is 78.5 Å². The highest BCUT2D eigenvalue weighted by atomic mass is 16.6. The molecule has 1 atom stereocenters. The number of hydrogen-bond donors (Lipinski definition) is 3. The molecule has 2 heterocycles. The Hall–Kier alpha value is -3.07. The third-order valence-corrected chi connectivity index (χ3v) is 4.07. The maximum Gasteiger partial charge on any atom is 0.407 e. The number of benzene rings is 1. The average Bonchev–Trinajstić information content (AvgIpc) is 3.07. The minimum absolute atomic E-state index is 0.00998. The molecule has 9 heteroatoms. The molecule has 146 valence electrons. The van der Waals surface area contributed by atoms with Crippen LogP contribution in [0.3, 0.4) is 0 Å². The van der Waals surface area contributed by atoms with Gasteiger partial charge in [-0.2, -0.15) is 0 Å². The molecular weight excluding hydrogens is 354 g/mol. The summed E-state index contributed by atoms with van der Waals surface area (Å²) < 4.78 is 5.17. The number of carbonyl (C=O) groups excluding carboxylic acids is 1. The predicted octanol–water partition coefficient (Wildman–Crippen LogP) is 0.629. The van der Waals surface area contributed by atoms with E-state index in [0.717, 1.165) is 32.7 Å². The van der Waals surface area contributed by atoms with Crippen LogP contribution < -0.4 is 10.2 Å². The number of nitrogens with zero attached hydrogens (tertiary/aromatic N) is 2. The summed E-state index contributed by atoms with van der Waals surface area (Å²) in [5, 5.41) is 18.3. The first-order valence-electron chi connectivity index (χ1n) is 8.55. The summed E-state index contributed by atoms with van der Waals surface area (Å²) in [5.41, 5.74) is 1.29. The maximum absolute atomic E-state index is 11.0. The van der Waals surface area contributed by atoms with Crippen LogP contribution in [0.15, 0.2) is 42.5 Å². The van der Waals surface area contributed by atoms with E-state index < -0.39 is 11.9 Å². The highest BCUT2D eigenvalue weighted by Crippen LogP contribution is 2.16. The van der Waals surface area contributed by atoms with E-state index in [1.807, 2.05) is 6.07 Å². The van der Waals surface area contributed by atoms with E-state index in [9.17, 15) is 14.4 Å². The van der Waals surface area contributed by atoms with Gasteiger partial charge in [0.25, 0.3) is 0 Å². The van der Waals surface area contributed by atoms with E-state index in [2.05, 4.69) is 39.4 Å². The first kappa shape index (κ1) is 20.2. The van der Waals surface area contributed by atoms with Crippen LogP contribution in [-0.2, 0) is 14.3 Å². The van der Waals surface area contributed by atoms with E-state index in [1.54, 1.807) is 0 Å². The highest BCUT2D eigenvalue weighted by Gasteiger charge is 2.26. The standard InChI is InChI=1S/C14H19N3O2.C4H4O4/c18-14-15-10-13(19-14)11-16-6-8-17(9-7-16)12-4-2-1-3-5-12;5-3(6)1-2-4(7)8/h1-5,13H,6-11H2,(H,15,18);1-2H,(H,5,6)(H,7,8)/b;2-1-. The van der Waals surface area contributed by atoms with Crippen LogP contribution in [0.4, 0.5) is 10.5 Å². The van der Waals surface area contributed by atoms with Gasteiger partial charge >= 0.3 is 18.0 Å². The van der Waals surface area contributed by atoms with Crippen LogP contribution in [0.25, 0.3) is 0 Å². The number of anilines is 1. The van der Waals surface area contributed by atoms with Crippen molar-refractivity contribution < 1.29 is 29.3 Å². The Labute approximate surface area is 156 Å². The molecule has 0 bridgehead atoms. The van der Waals surface area contributed by atoms with Gasteiger partial charge in [-0.3, -0.25) is 4.90 Å². The molecule has 1 aromatic carbocycles. The van der Waals surface area contributed by atoms with Gasteiger partial charge in [-0.15, -0.1) is 0 Å². The summed E-state index contributed by atoms with van der Waals surface area (Å²) >= 11 is 0. The first-order chi connectivity index (χ1) is 12.9. The van der Waals surface area contributed by atoms with Crippen LogP contribution >= 0.6 is 0 Å². The molecule has 27 heavy (non-hydrogen) atoms. The van der Waals surface area contributed by atoms with E-state index >= 15 is 0 Å². The molecule has 0 aliphatic carbocycles. The Kier molecular flexibility index (Phi) is 7.63. The second-order valence-electron chi connectivity index (χ2n) is 6.04. The van der Waals surface area contributed by atoms with Crippen molar-refractivity contribution in [3.63, 3.8) is 0 Å². The van der Waals surface area contributed by atoms with Gasteiger partial charge in [0, 0.05) is 50.6 Å². The molecule has 0 radical (unpaired) electrons. The van der Waals surface area contributed by atoms with E-state index in [4.69, 9.17) is 14.9 Å². The number of para-hydroxylation sites is 1. The lowest BCUT2D eigenvalue weighted by Gasteiger charge is -2.36. The zero-order valence-electron chi connectivity index (χ0n) is 14.8. The molecule has 1 amide bonds. The summed E-state index contributed by atoms with van der Waals surface area (Å²) in [6, 6.07) is 10.5. The van der Waals surface area contributed by atoms with Crippen molar-refractivity contribution in [3.8, 4) is 0 Å². The fourth-order valence-corrected chi connectivity index (χ4v) is 2.79. The monoisotopic (exact) mass is 377 g/mol. The third-order valence-electron chi connectivity index (χ3n) is 4.07. The number of carboxylic acids is 2. The normalized spacial score (nSPS) is 19.8. The predicted molar refractivity (Wildman–Crippen MR) is 97.8 cm³/mol. The second-order valence-corrected chi connectivity index (χ2v) is 6.04. The van der Waals surface area contributed by atoms with Crippen LogP contribution in [0.5, 0.6) is 0 Å². The lowest BCUT2D eigenvalue weighted by atomic mass is 10.2. The average molecular weight is 377 g/mol. The Balaban J connectivity index is 0.000000279. The molecule has 9 nitrogen and oxygen atoms in total. The third kappa shape index (κ3) is 7.37. The summed E-state index contributed by atoms with van der Waals surface area (Å²) in [4.78, 5) is 34.8. The molecule has 0 spiro atoms. The fraction of sp³-hybridized carbons (Fsp3) is 0.389. The Morgan fingerprint density at radius 3 is 2.15 bits per heavy atom.